The van der Waals surface area contributed by atoms with Crippen LogP contribution >= 0.6 is 23.4 Å². The number of nitrogens with zero attached hydrogens (tertiary/aromatic N) is 3. The summed E-state index contributed by atoms with van der Waals surface area (Å²) >= 11 is 7.32. The third-order valence-electron chi connectivity index (χ3n) is 5.41. The Morgan fingerprint density at radius 1 is 1.28 bits per heavy atom. The SMILES string of the molecule is C=CCn1c(SCC(=O)N[C@H]2CCN(Cc3ccccc3)C2)nc2cc(Cl)ccc2c1=O. The monoisotopic (exact) mass is 468 g/mol. The highest BCUT2D eigenvalue weighted by molar-refractivity contribution is 7.99. The Bertz CT molecular complexity index is 1180. The first-order valence-corrected chi connectivity index (χ1v) is 11.9. The van der Waals surface area contributed by atoms with E-state index < -0.39 is 0 Å². The summed E-state index contributed by atoms with van der Waals surface area (Å²) in [6.07, 6.45) is 2.58. The second-order valence-electron chi connectivity index (χ2n) is 7.82. The van der Waals surface area contributed by atoms with E-state index in [0.717, 1.165) is 26.1 Å². The fourth-order valence-electron chi connectivity index (χ4n) is 3.91. The number of allylic oxidation sites excluding steroid dienone is 1. The van der Waals surface area contributed by atoms with E-state index in [0.29, 0.717) is 27.6 Å². The van der Waals surface area contributed by atoms with Crippen LogP contribution in [-0.2, 0) is 17.9 Å². The lowest BCUT2D eigenvalue weighted by molar-refractivity contribution is -0.119. The molecular formula is C24H25ClN4O2S. The van der Waals surface area contributed by atoms with Crippen molar-refractivity contribution >= 4 is 40.2 Å². The summed E-state index contributed by atoms with van der Waals surface area (Å²) in [4.78, 5) is 32.4. The number of benzene rings is 2. The first kappa shape index (κ1) is 22.6. The van der Waals surface area contributed by atoms with E-state index in [4.69, 9.17) is 11.6 Å². The summed E-state index contributed by atoms with van der Waals surface area (Å²) in [7, 11) is 0. The van der Waals surface area contributed by atoms with E-state index in [9.17, 15) is 9.59 Å². The number of halogens is 1. The molecule has 1 N–H and O–H groups in total. The maximum atomic E-state index is 12.9. The van der Waals surface area contributed by atoms with Gasteiger partial charge in [-0.25, -0.2) is 4.98 Å². The van der Waals surface area contributed by atoms with E-state index in [1.54, 1.807) is 28.8 Å². The average molecular weight is 469 g/mol. The van der Waals surface area contributed by atoms with E-state index in [2.05, 4.69) is 33.9 Å². The van der Waals surface area contributed by atoms with Gasteiger partial charge in [0.2, 0.25) is 5.91 Å². The molecule has 0 radical (unpaired) electrons. The van der Waals surface area contributed by atoms with Crippen molar-refractivity contribution in [3.05, 3.63) is 82.1 Å². The van der Waals surface area contributed by atoms with Crippen LogP contribution in [0.2, 0.25) is 5.02 Å². The highest BCUT2D eigenvalue weighted by Gasteiger charge is 2.24. The minimum absolute atomic E-state index is 0.0628. The van der Waals surface area contributed by atoms with Gasteiger partial charge >= 0.3 is 0 Å². The molecule has 1 aliphatic rings. The minimum Gasteiger partial charge on any atom is -0.351 e. The van der Waals surface area contributed by atoms with Gasteiger partial charge in [0.25, 0.3) is 5.56 Å². The zero-order valence-corrected chi connectivity index (χ0v) is 19.2. The third-order valence-corrected chi connectivity index (χ3v) is 6.62. The molecule has 0 aliphatic carbocycles. The molecule has 1 aliphatic heterocycles. The number of fused-ring (bicyclic) bond motifs is 1. The molecule has 4 rings (SSSR count). The van der Waals surface area contributed by atoms with Crippen LogP contribution in [-0.4, -0.2) is 45.2 Å². The van der Waals surface area contributed by atoms with Gasteiger partial charge in [0.15, 0.2) is 5.16 Å². The number of likely N-dealkylation sites (tertiary alicyclic amines) is 1. The van der Waals surface area contributed by atoms with Gasteiger partial charge in [0, 0.05) is 37.2 Å². The molecule has 32 heavy (non-hydrogen) atoms. The Hall–Kier alpha value is -2.61. The van der Waals surface area contributed by atoms with Gasteiger partial charge in [-0.05, 0) is 30.2 Å². The van der Waals surface area contributed by atoms with Crippen molar-refractivity contribution in [3.63, 3.8) is 0 Å². The Balaban J connectivity index is 1.38. The molecule has 8 heteroatoms. The number of carbonyl (C=O) groups excluding carboxylic acids is 1. The highest BCUT2D eigenvalue weighted by Crippen LogP contribution is 2.21. The lowest BCUT2D eigenvalue weighted by atomic mass is 10.2. The first-order chi connectivity index (χ1) is 15.5. The van der Waals surface area contributed by atoms with Crippen LogP contribution in [0.25, 0.3) is 10.9 Å². The van der Waals surface area contributed by atoms with Gasteiger partial charge in [0.05, 0.1) is 16.7 Å². The maximum Gasteiger partial charge on any atom is 0.262 e. The smallest absolute Gasteiger partial charge is 0.262 e. The van der Waals surface area contributed by atoms with Crippen molar-refractivity contribution in [1.29, 1.82) is 0 Å². The van der Waals surface area contributed by atoms with E-state index in [1.165, 1.54) is 17.3 Å². The predicted molar refractivity (Wildman–Crippen MR) is 130 cm³/mol. The number of aromatic nitrogens is 2. The summed E-state index contributed by atoms with van der Waals surface area (Å²) < 4.78 is 1.54. The molecule has 3 aromatic rings. The topological polar surface area (TPSA) is 67.2 Å². The quantitative estimate of drug-likeness (QED) is 0.310. The molecule has 1 saturated heterocycles. The predicted octanol–water partition coefficient (Wildman–Crippen LogP) is 3.72. The Morgan fingerprint density at radius 2 is 2.09 bits per heavy atom. The van der Waals surface area contributed by atoms with Crippen LogP contribution in [0.5, 0.6) is 0 Å². The summed E-state index contributed by atoms with van der Waals surface area (Å²) in [6, 6.07) is 15.5. The molecule has 1 fully saturated rings. The van der Waals surface area contributed by atoms with Crippen molar-refractivity contribution < 1.29 is 4.79 Å². The van der Waals surface area contributed by atoms with Crippen LogP contribution in [0, 0.1) is 0 Å². The second-order valence-corrected chi connectivity index (χ2v) is 9.20. The lowest BCUT2D eigenvalue weighted by Gasteiger charge is -2.17. The third kappa shape index (κ3) is 5.41. The van der Waals surface area contributed by atoms with Gasteiger partial charge in [-0.1, -0.05) is 59.8 Å². The van der Waals surface area contributed by atoms with Gasteiger partial charge in [-0.2, -0.15) is 0 Å². The Morgan fingerprint density at radius 3 is 2.88 bits per heavy atom. The van der Waals surface area contributed by atoms with Crippen LogP contribution in [0.1, 0.15) is 12.0 Å². The minimum atomic E-state index is -0.165. The molecule has 0 bridgehead atoms. The number of carbonyl (C=O) groups is 1. The van der Waals surface area contributed by atoms with E-state index in [-0.39, 0.29) is 23.3 Å². The molecule has 0 saturated carbocycles. The van der Waals surface area contributed by atoms with Gasteiger partial charge in [0.1, 0.15) is 0 Å². The van der Waals surface area contributed by atoms with Crippen LogP contribution in [0.3, 0.4) is 0 Å². The zero-order valence-electron chi connectivity index (χ0n) is 17.7. The van der Waals surface area contributed by atoms with Gasteiger partial charge in [-0.15, -0.1) is 6.58 Å². The second kappa shape index (κ2) is 10.3. The fraction of sp³-hybridized carbons (Fsp3) is 0.292. The molecule has 6 nitrogen and oxygen atoms in total. The fourth-order valence-corrected chi connectivity index (χ4v) is 4.90. The largest absolute Gasteiger partial charge is 0.351 e. The number of hydrogen-bond donors (Lipinski definition) is 1. The molecular weight excluding hydrogens is 444 g/mol. The van der Waals surface area contributed by atoms with Gasteiger partial charge in [-0.3, -0.25) is 19.1 Å². The van der Waals surface area contributed by atoms with Crippen LogP contribution in [0.15, 0.2) is 71.1 Å². The van der Waals surface area contributed by atoms with E-state index in [1.807, 2.05) is 18.2 Å². The number of thioether (sulfide) groups is 1. The van der Waals surface area contributed by atoms with Crippen molar-refractivity contribution in [1.82, 2.24) is 19.8 Å². The number of amides is 1. The Labute approximate surface area is 196 Å². The zero-order chi connectivity index (χ0) is 22.5. The van der Waals surface area contributed by atoms with Crippen molar-refractivity contribution in [3.8, 4) is 0 Å². The van der Waals surface area contributed by atoms with Crippen molar-refractivity contribution in [2.45, 2.75) is 30.7 Å². The molecule has 1 amide bonds. The molecule has 1 aromatic heterocycles. The van der Waals surface area contributed by atoms with Crippen molar-refractivity contribution in [2.75, 3.05) is 18.8 Å². The number of nitrogens with one attached hydrogen (secondary N) is 1. The molecule has 0 spiro atoms. The normalized spacial score (nSPS) is 16.3. The van der Waals surface area contributed by atoms with Gasteiger partial charge < -0.3 is 5.32 Å². The number of rotatable bonds is 8. The van der Waals surface area contributed by atoms with Crippen LogP contribution < -0.4 is 10.9 Å². The Kier molecular flexibility index (Phi) is 7.29. The first-order valence-electron chi connectivity index (χ1n) is 10.5. The molecule has 1 atom stereocenters. The standard InChI is InChI=1S/C24H25ClN4O2S/c1-2-11-29-23(31)20-9-8-18(25)13-21(20)27-24(29)32-16-22(30)26-19-10-12-28(15-19)14-17-6-4-3-5-7-17/h2-9,13,19H,1,10-12,14-16H2,(H,26,30)/t19-/m0/s1. The lowest BCUT2D eigenvalue weighted by Crippen LogP contribution is -2.38. The number of hydrogen-bond acceptors (Lipinski definition) is 5. The summed E-state index contributed by atoms with van der Waals surface area (Å²) in [5, 5.41) is 4.61. The molecule has 2 aromatic carbocycles. The average Bonchev–Trinajstić information content (AvgIpc) is 3.21. The summed E-state index contributed by atoms with van der Waals surface area (Å²) in [6.45, 7) is 6.73. The molecule has 0 unspecified atom stereocenters. The highest BCUT2D eigenvalue weighted by atomic mass is 35.5. The molecule has 2 heterocycles. The summed E-state index contributed by atoms with van der Waals surface area (Å²) in [5.41, 5.74) is 1.64. The summed E-state index contributed by atoms with van der Waals surface area (Å²) in [5.74, 6) is 0.123. The maximum absolute atomic E-state index is 12.9. The van der Waals surface area contributed by atoms with E-state index >= 15 is 0 Å². The van der Waals surface area contributed by atoms with Crippen molar-refractivity contribution in [2.24, 2.45) is 0 Å². The molecule has 166 valence electrons. The van der Waals surface area contributed by atoms with Crippen LogP contribution in [0.4, 0.5) is 0 Å².